The molecular weight excluding hydrogens is 639 g/mol. The summed E-state index contributed by atoms with van der Waals surface area (Å²) in [6.07, 6.45) is 8.70. The maximum atomic E-state index is 11.5. The van der Waals surface area contributed by atoms with E-state index in [2.05, 4.69) is 20.6 Å². The van der Waals surface area contributed by atoms with Crippen molar-refractivity contribution in [3.05, 3.63) is 70.2 Å². The van der Waals surface area contributed by atoms with Gasteiger partial charge in [-0.2, -0.15) is 0 Å². The van der Waals surface area contributed by atoms with Crippen molar-refractivity contribution in [3.8, 4) is 45.4 Å². The molecule has 10 nitrogen and oxygen atoms in total. The molecule has 0 radical (unpaired) electrons. The van der Waals surface area contributed by atoms with Crippen molar-refractivity contribution in [1.82, 2.24) is 30.6 Å². The number of halogens is 2. The first kappa shape index (κ1) is 33.1. The van der Waals surface area contributed by atoms with Crippen LogP contribution in [0.15, 0.2) is 48.8 Å². The summed E-state index contributed by atoms with van der Waals surface area (Å²) in [6.45, 7) is 2.32. The van der Waals surface area contributed by atoms with Gasteiger partial charge in [0.2, 0.25) is 17.7 Å². The number of carbonyl (C=O) groups excluding carboxylic acids is 1. The van der Waals surface area contributed by atoms with Crippen LogP contribution in [0.1, 0.15) is 56.8 Å². The van der Waals surface area contributed by atoms with Crippen LogP contribution in [0.4, 0.5) is 0 Å². The van der Waals surface area contributed by atoms with Crippen LogP contribution in [0.5, 0.6) is 11.8 Å². The van der Waals surface area contributed by atoms with Gasteiger partial charge in [-0.1, -0.05) is 59.6 Å². The third kappa shape index (κ3) is 7.36. The van der Waals surface area contributed by atoms with Gasteiger partial charge in [0.25, 0.3) is 0 Å². The molecule has 2 fully saturated rings. The maximum absolute atomic E-state index is 11.5. The first-order valence-corrected chi connectivity index (χ1v) is 16.5. The summed E-state index contributed by atoms with van der Waals surface area (Å²) in [6, 6.07) is 11.9. The van der Waals surface area contributed by atoms with E-state index in [9.17, 15) is 9.90 Å². The molecule has 1 amide bonds. The SMILES string of the molecule is COc1nc(-c2cccc(-c3cccc(-c4cnc(CNC5CC(C)(O)C5)c(OC)n4)c3Cl)c2Cl)cnc1CCC[C@@H]1CCC(=O)N1. The summed E-state index contributed by atoms with van der Waals surface area (Å²) in [5.74, 6) is 0.978. The number of benzene rings is 2. The van der Waals surface area contributed by atoms with E-state index in [1.165, 1.54) is 0 Å². The Labute approximate surface area is 284 Å². The molecule has 2 aromatic heterocycles. The molecule has 12 heteroatoms. The van der Waals surface area contributed by atoms with E-state index in [1.807, 2.05) is 43.3 Å². The lowest BCUT2D eigenvalue weighted by atomic mass is 9.77. The third-order valence-corrected chi connectivity index (χ3v) is 9.65. The molecule has 1 aliphatic heterocycles. The van der Waals surface area contributed by atoms with Crippen LogP contribution in [0, 0.1) is 0 Å². The molecule has 2 aromatic carbocycles. The van der Waals surface area contributed by atoms with Crippen molar-refractivity contribution < 1.29 is 19.4 Å². The standard InChI is InChI=1S/C35H38Cl2N6O4/c1-35(45)15-21(16-35)38-19-29-34(47-3)43-28(18-40-29)25-11-6-9-23(32(25)37)22-8-5-10-24(31(22)36)27-17-39-26(33(42-27)46-2)12-4-7-20-13-14-30(44)41-20/h5-6,8-11,17-18,20-21,38,45H,4,7,12-16,19H2,1-3H3,(H,41,44)/t20-,21?,35?/m1/s1. The second kappa shape index (κ2) is 14.1. The highest BCUT2D eigenvalue weighted by atomic mass is 35.5. The second-order valence-electron chi connectivity index (χ2n) is 12.4. The van der Waals surface area contributed by atoms with Gasteiger partial charge in [-0.05, 0) is 45.4 Å². The summed E-state index contributed by atoms with van der Waals surface area (Å²) in [5, 5.41) is 17.4. The molecule has 4 aromatic rings. The third-order valence-electron chi connectivity index (χ3n) is 8.83. The van der Waals surface area contributed by atoms with Crippen LogP contribution >= 0.6 is 23.2 Å². The van der Waals surface area contributed by atoms with E-state index < -0.39 is 5.60 Å². The van der Waals surface area contributed by atoms with Crippen molar-refractivity contribution in [2.45, 2.75) is 76.1 Å². The fourth-order valence-corrected chi connectivity index (χ4v) is 7.00. The fraction of sp³-hybridized carbons (Fsp3) is 0.400. The Morgan fingerprint density at radius 1 is 0.915 bits per heavy atom. The zero-order chi connectivity index (χ0) is 33.1. The van der Waals surface area contributed by atoms with Gasteiger partial charge < -0.3 is 25.2 Å². The summed E-state index contributed by atoms with van der Waals surface area (Å²) in [5.41, 5.74) is 4.83. The molecular formula is C35H38Cl2N6O4. The van der Waals surface area contributed by atoms with E-state index in [-0.39, 0.29) is 18.0 Å². The van der Waals surface area contributed by atoms with Gasteiger partial charge in [-0.15, -0.1) is 0 Å². The first-order chi connectivity index (χ1) is 22.7. The predicted molar refractivity (Wildman–Crippen MR) is 182 cm³/mol. The number of ether oxygens (including phenoxy) is 2. The Bertz CT molecular complexity index is 1780. The minimum atomic E-state index is -0.608. The monoisotopic (exact) mass is 676 g/mol. The van der Waals surface area contributed by atoms with Crippen molar-refractivity contribution >= 4 is 29.1 Å². The lowest BCUT2D eigenvalue weighted by Crippen LogP contribution is -2.51. The van der Waals surface area contributed by atoms with E-state index in [0.717, 1.165) is 36.1 Å². The van der Waals surface area contributed by atoms with Crippen LogP contribution in [-0.2, 0) is 17.8 Å². The molecule has 47 heavy (non-hydrogen) atoms. The Balaban J connectivity index is 1.22. The summed E-state index contributed by atoms with van der Waals surface area (Å²) < 4.78 is 11.2. The van der Waals surface area contributed by atoms with Crippen LogP contribution < -0.4 is 20.1 Å². The highest BCUT2D eigenvalue weighted by molar-refractivity contribution is 6.39. The minimum absolute atomic E-state index is 0.122. The smallest absolute Gasteiger partial charge is 0.237 e. The van der Waals surface area contributed by atoms with Crippen molar-refractivity contribution in [2.24, 2.45) is 0 Å². The Morgan fingerprint density at radius 3 is 2.00 bits per heavy atom. The Morgan fingerprint density at radius 2 is 1.47 bits per heavy atom. The second-order valence-corrected chi connectivity index (χ2v) is 13.2. The number of carbonyl (C=O) groups is 1. The van der Waals surface area contributed by atoms with Gasteiger partial charge in [-0.3, -0.25) is 14.8 Å². The molecule has 0 unspecified atom stereocenters. The molecule has 246 valence electrons. The zero-order valence-corrected chi connectivity index (χ0v) is 28.2. The quantitative estimate of drug-likeness (QED) is 0.161. The summed E-state index contributed by atoms with van der Waals surface area (Å²) in [7, 11) is 3.15. The number of aromatic nitrogens is 4. The Hall–Kier alpha value is -3.83. The number of nitrogens with zero attached hydrogens (tertiary/aromatic N) is 4. The molecule has 6 rings (SSSR count). The molecule has 3 heterocycles. The van der Waals surface area contributed by atoms with Crippen molar-refractivity contribution in [1.29, 1.82) is 0 Å². The Kier molecular flexibility index (Phi) is 9.93. The lowest BCUT2D eigenvalue weighted by molar-refractivity contribution is -0.119. The number of hydrogen-bond acceptors (Lipinski definition) is 9. The first-order valence-electron chi connectivity index (χ1n) is 15.8. The topological polar surface area (TPSA) is 131 Å². The number of amides is 1. The van der Waals surface area contributed by atoms with E-state index in [4.69, 9.17) is 42.6 Å². The lowest BCUT2D eigenvalue weighted by Gasteiger charge is -2.41. The van der Waals surface area contributed by atoms with Gasteiger partial charge in [0, 0.05) is 47.3 Å². The van der Waals surface area contributed by atoms with Crippen LogP contribution in [0.25, 0.3) is 33.6 Å². The van der Waals surface area contributed by atoms with Crippen LogP contribution in [-0.4, -0.2) is 62.9 Å². The largest absolute Gasteiger partial charge is 0.480 e. The minimum Gasteiger partial charge on any atom is -0.480 e. The highest BCUT2D eigenvalue weighted by Crippen LogP contribution is 2.42. The molecule has 0 spiro atoms. The highest BCUT2D eigenvalue weighted by Gasteiger charge is 2.38. The molecule has 1 aliphatic carbocycles. The van der Waals surface area contributed by atoms with E-state index >= 15 is 0 Å². The number of rotatable bonds is 12. The predicted octanol–water partition coefficient (Wildman–Crippen LogP) is 6.20. The van der Waals surface area contributed by atoms with Crippen molar-refractivity contribution in [2.75, 3.05) is 14.2 Å². The number of aliphatic hydroxyl groups is 1. The maximum Gasteiger partial charge on any atom is 0.237 e. The molecule has 1 saturated heterocycles. The molecule has 1 saturated carbocycles. The van der Waals surface area contributed by atoms with Gasteiger partial charge in [0.1, 0.15) is 11.4 Å². The number of hydrogen-bond donors (Lipinski definition) is 3. The van der Waals surface area contributed by atoms with Gasteiger partial charge in [0.15, 0.2) is 0 Å². The normalized spacial score (nSPS) is 20.5. The fourth-order valence-electron chi connectivity index (χ4n) is 6.35. The number of nitrogens with one attached hydrogen (secondary N) is 2. The molecule has 1 atom stereocenters. The van der Waals surface area contributed by atoms with Gasteiger partial charge in [-0.25, -0.2) is 9.97 Å². The molecule has 0 bridgehead atoms. The number of aryl methyl sites for hydroxylation is 1. The average molecular weight is 678 g/mol. The van der Waals surface area contributed by atoms with E-state index in [1.54, 1.807) is 26.6 Å². The summed E-state index contributed by atoms with van der Waals surface area (Å²) >= 11 is 14.1. The van der Waals surface area contributed by atoms with E-state index in [0.29, 0.717) is 82.2 Å². The average Bonchev–Trinajstić information content (AvgIpc) is 3.47. The van der Waals surface area contributed by atoms with Gasteiger partial charge >= 0.3 is 0 Å². The molecule has 3 N–H and O–H groups in total. The number of methoxy groups -OCH3 is 2. The zero-order valence-electron chi connectivity index (χ0n) is 26.6. The molecule has 2 aliphatic rings. The van der Waals surface area contributed by atoms with Crippen LogP contribution in [0.3, 0.4) is 0 Å². The van der Waals surface area contributed by atoms with Crippen molar-refractivity contribution in [3.63, 3.8) is 0 Å². The van der Waals surface area contributed by atoms with Gasteiger partial charge in [0.05, 0.1) is 53.6 Å². The summed E-state index contributed by atoms with van der Waals surface area (Å²) in [4.78, 5) is 30.3. The van der Waals surface area contributed by atoms with Crippen LogP contribution in [0.2, 0.25) is 10.0 Å².